The largest absolute Gasteiger partial charge is 0.433 e. The number of alkyl halides is 3. The Kier molecular flexibility index (Phi) is 3.73. The van der Waals surface area contributed by atoms with E-state index >= 15 is 0 Å². The standard InChI is InChI=1S/C13H16ClF3N4/c1-20-8-2-3-9(20)7-21(5-4-8)11-6-10(13(15,16)17)18-12(14)19-11/h6,8-9H,2-5,7H2,1H3. The molecular weight excluding hydrogens is 305 g/mol. The molecular formula is C13H16ClF3N4. The number of rotatable bonds is 1. The van der Waals surface area contributed by atoms with E-state index in [0.29, 0.717) is 25.2 Å². The molecule has 2 fully saturated rings. The molecule has 0 saturated carbocycles. The first-order valence-corrected chi connectivity index (χ1v) is 7.31. The van der Waals surface area contributed by atoms with Crippen molar-refractivity contribution in [3.63, 3.8) is 0 Å². The SMILES string of the molecule is CN1C2CCC1CN(c1cc(C(F)(F)F)nc(Cl)n1)CC2. The van der Waals surface area contributed by atoms with E-state index in [9.17, 15) is 13.2 Å². The number of fused-ring (bicyclic) bond motifs is 2. The third-order valence-electron chi connectivity index (χ3n) is 4.45. The van der Waals surface area contributed by atoms with Crippen molar-refractivity contribution in [1.82, 2.24) is 14.9 Å². The van der Waals surface area contributed by atoms with Crippen molar-refractivity contribution in [2.75, 3.05) is 25.0 Å². The van der Waals surface area contributed by atoms with E-state index in [1.165, 1.54) is 0 Å². The number of likely N-dealkylation sites (N-methyl/N-ethyl adjacent to an activating group) is 1. The Morgan fingerprint density at radius 3 is 2.62 bits per heavy atom. The Morgan fingerprint density at radius 1 is 1.19 bits per heavy atom. The van der Waals surface area contributed by atoms with Crippen molar-refractivity contribution in [3.05, 3.63) is 17.0 Å². The Morgan fingerprint density at radius 2 is 1.90 bits per heavy atom. The van der Waals surface area contributed by atoms with Gasteiger partial charge in [-0.3, -0.25) is 4.90 Å². The number of halogens is 4. The van der Waals surface area contributed by atoms with Crippen LogP contribution in [0.15, 0.2) is 6.07 Å². The highest BCUT2D eigenvalue weighted by molar-refractivity contribution is 6.28. The second kappa shape index (κ2) is 5.28. The molecule has 0 amide bonds. The van der Waals surface area contributed by atoms with Crippen LogP contribution in [0.5, 0.6) is 0 Å². The average Bonchev–Trinajstić information content (AvgIpc) is 2.61. The maximum Gasteiger partial charge on any atom is 0.433 e. The average molecular weight is 321 g/mol. The van der Waals surface area contributed by atoms with Gasteiger partial charge in [0.1, 0.15) is 5.82 Å². The highest BCUT2D eigenvalue weighted by Crippen LogP contribution is 2.33. The van der Waals surface area contributed by atoms with E-state index in [4.69, 9.17) is 11.6 Å². The second-order valence-corrected chi connectivity index (χ2v) is 6.00. The molecule has 8 heteroatoms. The minimum atomic E-state index is -4.51. The highest BCUT2D eigenvalue weighted by atomic mass is 35.5. The van der Waals surface area contributed by atoms with Crippen LogP contribution in [0.25, 0.3) is 0 Å². The predicted molar refractivity (Wildman–Crippen MR) is 73.4 cm³/mol. The van der Waals surface area contributed by atoms with E-state index in [1.807, 2.05) is 4.90 Å². The molecule has 2 aliphatic rings. The lowest BCUT2D eigenvalue weighted by Crippen LogP contribution is -2.37. The zero-order valence-electron chi connectivity index (χ0n) is 11.6. The summed E-state index contributed by atoms with van der Waals surface area (Å²) < 4.78 is 38.5. The van der Waals surface area contributed by atoms with Gasteiger partial charge in [-0.15, -0.1) is 0 Å². The zero-order valence-corrected chi connectivity index (χ0v) is 12.3. The van der Waals surface area contributed by atoms with Crippen LogP contribution < -0.4 is 4.90 Å². The van der Waals surface area contributed by atoms with Crippen molar-refractivity contribution < 1.29 is 13.2 Å². The quantitative estimate of drug-likeness (QED) is 0.745. The fourth-order valence-electron chi connectivity index (χ4n) is 3.23. The van der Waals surface area contributed by atoms with Gasteiger partial charge < -0.3 is 4.90 Å². The van der Waals surface area contributed by atoms with Gasteiger partial charge in [-0.25, -0.2) is 9.97 Å². The Bertz CT molecular complexity index is 537. The van der Waals surface area contributed by atoms with Gasteiger partial charge in [0.2, 0.25) is 5.28 Å². The Balaban J connectivity index is 1.88. The van der Waals surface area contributed by atoms with Crippen molar-refractivity contribution in [1.29, 1.82) is 0 Å². The third kappa shape index (κ3) is 2.94. The lowest BCUT2D eigenvalue weighted by molar-refractivity contribution is -0.141. The lowest BCUT2D eigenvalue weighted by Gasteiger charge is -2.27. The van der Waals surface area contributed by atoms with Crippen LogP contribution in [0.4, 0.5) is 19.0 Å². The second-order valence-electron chi connectivity index (χ2n) is 5.66. The molecule has 0 aliphatic carbocycles. The first-order valence-electron chi connectivity index (χ1n) is 6.93. The monoisotopic (exact) mass is 320 g/mol. The molecule has 2 bridgehead atoms. The molecule has 4 nitrogen and oxygen atoms in total. The van der Waals surface area contributed by atoms with E-state index in [-0.39, 0.29) is 11.1 Å². The summed E-state index contributed by atoms with van der Waals surface area (Å²) in [5.41, 5.74) is -0.986. The number of anilines is 1. The van der Waals surface area contributed by atoms with Gasteiger partial charge in [0, 0.05) is 31.2 Å². The topological polar surface area (TPSA) is 32.3 Å². The highest BCUT2D eigenvalue weighted by Gasteiger charge is 2.37. The molecule has 2 aliphatic heterocycles. The summed E-state index contributed by atoms with van der Waals surface area (Å²) in [6, 6.07) is 1.87. The first-order chi connectivity index (χ1) is 9.84. The van der Waals surface area contributed by atoms with Gasteiger partial charge in [0.05, 0.1) is 0 Å². The van der Waals surface area contributed by atoms with Gasteiger partial charge in [0.25, 0.3) is 0 Å². The fraction of sp³-hybridized carbons (Fsp3) is 0.692. The molecule has 2 atom stereocenters. The number of hydrogen-bond acceptors (Lipinski definition) is 4. The maximum atomic E-state index is 12.8. The molecule has 2 unspecified atom stereocenters. The number of aromatic nitrogens is 2. The molecule has 1 aromatic rings. The van der Waals surface area contributed by atoms with E-state index in [2.05, 4.69) is 21.9 Å². The van der Waals surface area contributed by atoms with Crippen LogP contribution in [0.1, 0.15) is 25.0 Å². The summed E-state index contributed by atoms with van der Waals surface area (Å²) in [6.07, 6.45) is -1.35. The van der Waals surface area contributed by atoms with Crippen molar-refractivity contribution in [3.8, 4) is 0 Å². The van der Waals surface area contributed by atoms with Crippen molar-refractivity contribution in [2.45, 2.75) is 37.5 Å². The van der Waals surface area contributed by atoms with Crippen molar-refractivity contribution in [2.24, 2.45) is 0 Å². The predicted octanol–water partition coefficient (Wildman–Crippen LogP) is 2.82. The first kappa shape index (κ1) is 14.8. The normalized spacial score (nSPS) is 27.0. The van der Waals surface area contributed by atoms with Crippen molar-refractivity contribution >= 4 is 17.4 Å². The third-order valence-corrected chi connectivity index (χ3v) is 4.62. The van der Waals surface area contributed by atoms with Crippen LogP contribution in [0, 0.1) is 0 Å². The van der Waals surface area contributed by atoms with Gasteiger partial charge in [-0.2, -0.15) is 13.2 Å². The molecule has 21 heavy (non-hydrogen) atoms. The van der Waals surface area contributed by atoms with Gasteiger partial charge in [-0.05, 0) is 37.9 Å². The number of hydrogen-bond donors (Lipinski definition) is 0. The van der Waals surface area contributed by atoms with E-state index in [0.717, 1.165) is 25.3 Å². The Labute approximate surface area is 125 Å². The maximum absolute atomic E-state index is 12.8. The van der Waals surface area contributed by atoms with Crippen LogP contribution in [-0.4, -0.2) is 47.1 Å². The molecule has 1 aromatic heterocycles. The van der Waals surface area contributed by atoms with Crippen LogP contribution in [0.2, 0.25) is 5.28 Å². The van der Waals surface area contributed by atoms with Gasteiger partial charge >= 0.3 is 6.18 Å². The van der Waals surface area contributed by atoms with Gasteiger partial charge in [-0.1, -0.05) is 0 Å². The minimum absolute atomic E-state index is 0.267. The summed E-state index contributed by atoms with van der Waals surface area (Å²) in [5, 5.41) is -0.359. The summed E-state index contributed by atoms with van der Waals surface area (Å²) in [4.78, 5) is 11.5. The van der Waals surface area contributed by atoms with E-state index < -0.39 is 11.9 Å². The molecule has 0 N–H and O–H groups in total. The molecule has 116 valence electrons. The summed E-state index contributed by atoms with van der Waals surface area (Å²) in [6.45, 7) is 1.37. The summed E-state index contributed by atoms with van der Waals surface area (Å²) >= 11 is 5.66. The molecule has 0 aromatic carbocycles. The lowest BCUT2D eigenvalue weighted by atomic mass is 10.1. The molecule has 2 saturated heterocycles. The van der Waals surface area contributed by atoms with Crippen LogP contribution in [-0.2, 0) is 6.18 Å². The van der Waals surface area contributed by atoms with E-state index in [1.54, 1.807) is 0 Å². The zero-order chi connectivity index (χ0) is 15.2. The summed E-state index contributed by atoms with van der Waals surface area (Å²) in [5.74, 6) is 0.267. The fourth-order valence-corrected chi connectivity index (χ4v) is 3.41. The van der Waals surface area contributed by atoms with Crippen LogP contribution >= 0.6 is 11.6 Å². The minimum Gasteiger partial charge on any atom is -0.355 e. The van der Waals surface area contributed by atoms with Gasteiger partial charge in [0.15, 0.2) is 5.69 Å². The molecule has 0 spiro atoms. The smallest absolute Gasteiger partial charge is 0.355 e. The Hall–Kier alpha value is -1.08. The summed E-state index contributed by atoms with van der Waals surface area (Å²) in [7, 11) is 2.08. The molecule has 0 radical (unpaired) electrons. The molecule has 3 rings (SSSR count). The van der Waals surface area contributed by atoms with Crippen LogP contribution in [0.3, 0.4) is 0 Å². The number of nitrogens with zero attached hydrogens (tertiary/aromatic N) is 4. The molecule has 3 heterocycles.